The van der Waals surface area contributed by atoms with Gasteiger partial charge in [-0.25, -0.2) is 4.79 Å². The molecule has 0 spiro atoms. The van der Waals surface area contributed by atoms with Gasteiger partial charge in [-0.1, -0.05) is 20.3 Å². The molecule has 0 aliphatic heterocycles. The Kier molecular flexibility index (Phi) is 8.60. The molecule has 0 saturated carbocycles. The van der Waals surface area contributed by atoms with Crippen LogP contribution in [-0.2, 0) is 14.4 Å². The summed E-state index contributed by atoms with van der Waals surface area (Å²) in [4.78, 5) is 47.9. The topological polar surface area (TPSA) is 127 Å². The lowest BCUT2D eigenvalue weighted by Crippen LogP contribution is -2.53. The van der Waals surface area contributed by atoms with Gasteiger partial charge in [0.15, 0.2) is 6.61 Å². The first-order valence-corrected chi connectivity index (χ1v) is 10.2. The number of benzene rings is 1. The highest BCUT2D eigenvalue weighted by atomic mass is 16.5. The average molecular weight is 431 g/mol. The number of rotatable bonds is 10. The van der Waals surface area contributed by atoms with Gasteiger partial charge in [0.25, 0.3) is 5.91 Å². The molecule has 2 aromatic rings. The van der Waals surface area contributed by atoms with Gasteiger partial charge >= 0.3 is 5.63 Å². The van der Waals surface area contributed by atoms with Crippen molar-refractivity contribution in [2.45, 2.75) is 46.2 Å². The lowest BCUT2D eigenvalue weighted by Gasteiger charge is -2.24. The van der Waals surface area contributed by atoms with Gasteiger partial charge in [-0.15, -0.1) is 0 Å². The van der Waals surface area contributed by atoms with Crippen molar-refractivity contribution >= 4 is 28.7 Å². The molecule has 9 heteroatoms. The largest absolute Gasteiger partial charge is 0.484 e. The van der Waals surface area contributed by atoms with Crippen molar-refractivity contribution in [1.29, 1.82) is 0 Å². The van der Waals surface area contributed by atoms with Crippen molar-refractivity contribution in [2.24, 2.45) is 5.92 Å². The van der Waals surface area contributed by atoms with E-state index in [9.17, 15) is 19.2 Å². The quantitative estimate of drug-likeness (QED) is 0.487. The van der Waals surface area contributed by atoms with Gasteiger partial charge < -0.3 is 25.1 Å². The highest BCUT2D eigenvalue weighted by Crippen LogP contribution is 2.19. The molecule has 0 aliphatic carbocycles. The van der Waals surface area contributed by atoms with Gasteiger partial charge in [-0.05, 0) is 38.0 Å². The summed E-state index contributed by atoms with van der Waals surface area (Å²) in [6.07, 6.45) is 0.711. The maximum Gasteiger partial charge on any atom is 0.336 e. The van der Waals surface area contributed by atoms with Crippen LogP contribution in [0.5, 0.6) is 5.75 Å². The molecular weight excluding hydrogens is 402 g/mol. The van der Waals surface area contributed by atoms with Crippen molar-refractivity contribution in [1.82, 2.24) is 16.0 Å². The van der Waals surface area contributed by atoms with Crippen LogP contribution in [0.3, 0.4) is 0 Å². The molecule has 0 bridgehead atoms. The number of hydrogen-bond donors (Lipinski definition) is 3. The van der Waals surface area contributed by atoms with Crippen LogP contribution in [0.15, 0.2) is 39.5 Å². The number of fused-ring (bicyclic) bond motifs is 1. The number of hydrogen-bond acceptors (Lipinski definition) is 6. The van der Waals surface area contributed by atoms with E-state index < -0.39 is 23.5 Å². The predicted octanol–water partition coefficient (Wildman–Crippen LogP) is 1.34. The summed E-state index contributed by atoms with van der Waals surface area (Å²) >= 11 is 0. The number of carbonyl (C=O) groups excluding carboxylic acids is 3. The molecule has 168 valence electrons. The zero-order valence-corrected chi connectivity index (χ0v) is 18.2. The summed E-state index contributed by atoms with van der Waals surface area (Å²) in [6, 6.07) is 7.09. The minimum atomic E-state index is -0.680. The summed E-state index contributed by atoms with van der Waals surface area (Å²) in [5.74, 6) is -0.935. The fraction of sp³-hybridized carbons (Fsp3) is 0.455. The van der Waals surface area contributed by atoms with E-state index in [0.717, 1.165) is 5.39 Å². The van der Waals surface area contributed by atoms with E-state index in [-0.39, 0.29) is 31.0 Å². The first-order chi connectivity index (χ1) is 14.7. The molecule has 0 saturated heterocycles. The number of ether oxygens (including phenoxy) is 1. The van der Waals surface area contributed by atoms with Crippen LogP contribution in [0.2, 0.25) is 0 Å². The predicted molar refractivity (Wildman–Crippen MR) is 116 cm³/mol. The van der Waals surface area contributed by atoms with Crippen LogP contribution in [0.4, 0.5) is 0 Å². The zero-order chi connectivity index (χ0) is 23.0. The van der Waals surface area contributed by atoms with E-state index in [0.29, 0.717) is 17.8 Å². The average Bonchev–Trinajstić information content (AvgIpc) is 2.73. The van der Waals surface area contributed by atoms with E-state index in [1.54, 1.807) is 18.2 Å². The van der Waals surface area contributed by atoms with Crippen LogP contribution < -0.4 is 26.3 Å². The maximum absolute atomic E-state index is 12.3. The van der Waals surface area contributed by atoms with Gasteiger partial charge in [-0.3, -0.25) is 14.4 Å². The molecule has 1 aromatic carbocycles. The molecule has 0 radical (unpaired) electrons. The molecular formula is C22H29N3O6. The Bertz CT molecular complexity index is 985. The zero-order valence-electron chi connectivity index (χ0n) is 18.2. The molecule has 1 aromatic heterocycles. The van der Waals surface area contributed by atoms with E-state index in [1.807, 2.05) is 27.7 Å². The minimum Gasteiger partial charge on any atom is -0.484 e. The van der Waals surface area contributed by atoms with Gasteiger partial charge in [-0.2, -0.15) is 0 Å². The first-order valence-electron chi connectivity index (χ1n) is 10.2. The Morgan fingerprint density at radius 2 is 1.74 bits per heavy atom. The summed E-state index contributed by atoms with van der Waals surface area (Å²) in [5.41, 5.74) is -0.133. The molecule has 2 rings (SSSR count). The molecule has 2 unspecified atom stereocenters. The molecule has 2 atom stereocenters. The smallest absolute Gasteiger partial charge is 0.336 e. The fourth-order valence-corrected chi connectivity index (χ4v) is 2.81. The van der Waals surface area contributed by atoms with Crippen molar-refractivity contribution < 1.29 is 23.5 Å². The Morgan fingerprint density at radius 3 is 2.42 bits per heavy atom. The summed E-state index contributed by atoms with van der Waals surface area (Å²) < 4.78 is 10.5. The van der Waals surface area contributed by atoms with Crippen molar-refractivity contribution in [3.05, 3.63) is 40.8 Å². The second-order valence-corrected chi connectivity index (χ2v) is 7.61. The standard InChI is InChI=1S/C22H29N3O6/c1-5-14(4)21(22(29)24-13(2)3)25-18(26)11-23-19(27)12-30-16-8-6-15-7-9-20(28)31-17(15)10-16/h6-10,13-14,21H,5,11-12H2,1-4H3,(H,23,27)(H,24,29)(H,25,26). The Labute approximate surface area is 180 Å². The number of nitrogens with one attached hydrogen (secondary N) is 3. The third kappa shape index (κ3) is 7.44. The minimum absolute atomic E-state index is 0.0454. The van der Waals surface area contributed by atoms with E-state index >= 15 is 0 Å². The van der Waals surface area contributed by atoms with Gasteiger partial charge in [0.2, 0.25) is 11.8 Å². The molecule has 9 nitrogen and oxygen atoms in total. The normalized spacial score (nSPS) is 12.8. The lowest BCUT2D eigenvalue weighted by molar-refractivity contribution is -0.131. The second-order valence-electron chi connectivity index (χ2n) is 7.61. The molecule has 0 fully saturated rings. The summed E-state index contributed by atoms with van der Waals surface area (Å²) in [7, 11) is 0. The van der Waals surface area contributed by atoms with Crippen LogP contribution >= 0.6 is 0 Å². The molecule has 3 amide bonds. The Morgan fingerprint density at radius 1 is 1.03 bits per heavy atom. The second kappa shape index (κ2) is 11.1. The third-order valence-electron chi connectivity index (χ3n) is 4.65. The van der Waals surface area contributed by atoms with Crippen molar-refractivity contribution in [3.8, 4) is 5.75 Å². The van der Waals surface area contributed by atoms with Gasteiger partial charge in [0.1, 0.15) is 17.4 Å². The van der Waals surface area contributed by atoms with Crippen LogP contribution in [0.1, 0.15) is 34.1 Å². The third-order valence-corrected chi connectivity index (χ3v) is 4.65. The fourth-order valence-electron chi connectivity index (χ4n) is 2.81. The molecule has 31 heavy (non-hydrogen) atoms. The highest BCUT2D eigenvalue weighted by molar-refractivity contribution is 5.90. The van der Waals surface area contributed by atoms with Gasteiger partial charge in [0.05, 0.1) is 6.54 Å². The first kappa shape index (κ1) is 23.9. The van der Waals surface area contributed by atoms with Crippen LogP contribution in [-0.4, -0.2) is 43.0 Å². The molecule has 0 aliphatic rings. The van der Waals surface area contributed by atoms with E-state index in [1.165, 1.54) is 12.1 Å². The van der Waals surface area contributed by atoms with Crippen LogP contribution in [0.25, 0.3) is 11.0 Å². The molecule has 1 heterocycles. The maximum atomic E-state index is 12.3. The molecule has 3 N–H and O–H groups in total. The Hall–Kier alpha value is -3.36. The van der Waals surface area contributed by atoms with Crippen molar-refractivity contribution in [3.63, 3.8) is 0 Å². The number of carbonyl (C=O) groups is 3. The van der Waals surface area contributed by atoms with Crippen molar-refractivity contribution in [2.75, 3.05) is 13.2 Å². The SMILES string of the molecule is CCC(C)C(NC(=O)CNC(=O)COc1ccc2ccc(=O)oc2c1)C(=O)NC(C)C. The van der Waals surface area contributed by atoms with Crippen LogP contribution in [0, 0.1) is 5.92 Å². The number of amides is 3. The van der Waals surface area contributed by atoms with Gasteiger partial charge in [0, 0.05) is 23.6 Å². The van der Waals surface area contributed by atoms with E-state index in [4.69, 9.17) is 9.15 Å². The monoisotopic (exact) mass is 431 g/mol. The Balaban J connectivity index is 1.84. The summed E-state index contributed by atoms with van der Waals surface area (Å²) in [5, 5.41) is 8.66. The van der Waals surface area contributed by atoms with E-state index in [2.05, 4.69) is 16.0 Å². The lowest BCUT2D eigenvalue weighted by atomic mass is 9.98. The summed E-state index contributed by atoms with van der Waals surface area (Å²) in [6.45, 7) is 6.90. The highest BCUT2D eigenvalue weighted by Gasteiger charge is 2.26.